The minimum atomic E-state index is -4.38. The zero-order valence-corrected chi connectivity index (χ0v) is 7.56. The van der Waals surface area contributed by atoms with Crippen LogP contribution in [-0.4, -0.2) is 27.9 Å². The van der Waals surface area contributed by atoms with Crippen LogP contribution in [0.4, 0.5) is 4.39 Å². The Balaban J connectivity index is 4.49. The van der Waals surface area contributed by atoms with Crippen molar-refractivity contribution < 1.29 is 26.1 Å². The molecule has 0 heterocycles. The van der Waals surface area contributed by atoms with E-state index in [0.29, 0.717) is 0 Å². The number of rotatable bonds is 4. The predicted octanol–water partition coefficient (Wildman–Crippen LogP) is 0.605. The van der Waals surface area contributed by atoms with E-state index < -0.39 is 23.4 Å². The molecule has 2 unspecified atom stereocenters. The summed E-state index contributed by atoms with van der Waals surface area (Å²) >= 11 is 0. The molecule has 0 amide bonds. The van der Waals surface area contributed by atoms with E-state index in [-0.39, 0.29) is 0 Å². The largest absolute Gasteiger partial charge is 0.565 e. The molecule has 0 N–H and O–H groups in total. The number of alkyl halides is 1. The van der Waals surface area contributed by atoms with E-state index in [2.05, 4.69) is 8.71 Å². The Morgan fingerprint density at radius 2 is 1.91 bits per heavy atom. The van der Waals surface area contributed by atoms with Crippen LogP contribution < -0.4 is 0 Å². The summed E-state index contributed by atoms with van der Waals surface area (Å²) in [4.78, 5) is 0. The van der Waals surface area contributed by atoms with Crippen LogP contribution in [0.15, 0.2) is 0 Å². The van der Waals surface area contributed by atoms with Gasteiger partial charge in [0.1, 0.15) is 0 Å². The van der Waals surface area contributed by atoms with Gasteiger partial charge >= 0.3 is 23.4 Å². The summed E-state index contributed by atoms with van der Waals surface area (Å²) in [6.07, 6.45) is 0. The molecule has 0 aromatic heterocycles. The molecule has 5 nitrogen and oxygen atoms in total. The highest BCUT2D eigenvalue weighted by molar-refractivity contribution is 7.92. The van der Waals surface area contributed by atoms with Crippen LogP contribution >= 0.6 is 8.03 Å². The Kier molecular flexibility index (Phi) is 4.02. The average molecular weight is 205 g/mol. The Hall–Kier alpha value is -0.100. The molecule has 2 atom stereocenters. The highest BCUT2D eigenvalue weighted by atomic mass is 32.2. The lowest BCUT2D eigenvalue weighted by Crippen LogP contribution is -2.14. The lowest BCUT2D eigenvalue weighted by molar-refractivity contribution is 0.344. The van der Waals surface area contributed by atoms with Gasteiger partial charge < -0.3 is 0 Å². The van der Waals surface area contributed by atoms with Crippen LogP contribution in [0.3, 0.4) is 0 Å². The number of hydrogen-bond acceptors (Lipinski definition) is 5. The normalized spacial score (nSPS) is 16.1. The van der Waals surface area contributed by atoms with Gasteiger partial charge in [-0.05, 0) is 4.57 Å². The molecular formula is C3H7FO5PS+. The van der Waals surface area contributed by atoms with Gasteiger partial charge in [-0.2, -0.15) is 12.8 Å². The van der Waals surface area contributed by atoms with Crippen molar-refractivity contribution in [3.63, 3.8) is 0 Å². The SMILES string of the molecule is CO[P+](=O)C(F)S(=O)(=O)OC. The van der Waals surface area contributed by atoms with Gasteiger partial charge in [-0.1, -0.05) is 0 Å². The average Bonchev–Trinajstić information content (AvgIpc) is 2.01. The molecule has 0 fully saturated rings. The van der Waals surface area contributed by atoms with Crippen LogP contribution in [0.25, 0.3) is 0 Å². The third-order valence-electron chi connectivity index (χ3n) is 0.816. The third-order valence-corrected chi connectivity index (χ3v) is 3.74. The molecule has 0 rings (SSSR count). The van der Waals surface area contributed by atoms with Crippen LogP contribution in [0.5, 0.6) is 0 Å². The molecule has 0 aliphatic rings. The summed E-state index contributed by atoms with van der Waals surface area (Å²) in [6.45, 7) is 0. The third kappa shape index (κ3) is 2.78. The monoisotopic (exact) mass is 205 g/mol. The van der Waals surface area contributed by atoms with Gasteiger partial charge in [0.15, 0.2) is 0 Å². The molecule has 0 saturated carbocycles. The molecule has 0 aromatic carbocycles. The highest BCUT2D eigenvalue weighted by Gasteiger charge is 2.44. The minimum Gasteiger partial charge on any atom is -0.268 e. The zero-order valence-electron chi connectivity index (χ0n) is 5.85. The van der Waals surface area contributed by atoms with Gasteiger partial charge in [-0.15, -0.1) is 4.52 Å². The Morgan fingerprint density at radius 3 is 2.18 bits per heavy atom. The first kappa shape index (κ1) is 10.9. The van der Waals surface area contributed by atoms with Gasteiger partial charge in [0.25, 0.3) is 0 Å². The second kappa shape index (κ2) is 4.06. The summed E-state index contributed by atoms with van der Waals surface area (Å²) in [5, 5.41) is -2.62. The van der Waals surface area contributed by atoms with Crippen LogP contribution in [0, 0.1) is 0 Å². The van der Waals surface area contributed by atoms with Gasteiger partial charge in [0, 0.05) is 0 Å². The fourth-order valence-corrected chi connectivity index (χ4v) is 1.95. The Bertz CT molecular complexity index is 236. The van der Waals surface area contributed by atoms with E-state index in [1.54, 1.807) is 0 Å². The van der Waals surface area contributed by atoms with Gasteiger partial charge in [0.2, 0.25) is 0 Å². The van der Waals surface area contributed by atoms with E-state index in [4.69, 9.17) is 0 Å². The van der Waals surface area contributed by atoms with Crippen molar-refractivity contribution in [1.82, 2.24) is 0 Å². The smallest absolute Gasteiger partial charge is 0.268 e. The van der Waals surface area contributed by atoms with Gasteiger partial charge in [0.05, 0.1) is 14.2 Å². The van der Waals surface area contributed by atoms with E-state index in [1.807, 2.05) is 0 Å². The fraction of sp³-hybridized carbons (Fsp3) is 1.00. The Morgan fingerprint density at radius 1 is 1.45 bits per heavy atom. The second-order valence-corrected chi connectivity index (χ2v) is 4.89. The molecule has 0 spiro atoms. The second-order valence-electron chi connectivity index (χ2n) is 1.42. The summed E-state index contributed by atoms with van der Waals surface area (Å²) < 4.78 is 51.5. The first-order valence-electron chi connectivity index (χ1n) is 2.39. The van der Waals surface area contributed by atoms with Gasteiger partial charge in [-0.3, -0.25) is 4.18 Å². The van der Waals surface area contributed by atoms with E-state index in [1.165, 1.54) is 0 Å². The minimum absolute atomic E-state index is 0.779. The molecule has 11 heavy (non-hydrogen) atoms. The highest BCUT2D eigenvalue weighted by Crippen LogP contribution is 2.33. The number of hydrogen-bond donors (Lipinski definition) is 0. The molecule has 0 aliphatic carbocycles. The Labute approximate surface area is 64.5 Å². The van der Waals surface area contributed by atoms with Gasteiger partial charge in [-0.25, -0.2) is 0 Å². The summed E-state index contributed by atoms with van der Waals surface area (Å²) in [7, 11) is -5.53. The predicted molar refractivity (Wildman–Crippen MR) is 35.4 cm³/mol. The van der Waals surface area contributed by atoms with E-state index >= 15 is 0 Å². The van der Waals surface area contributed by atoms with E-state index in [9.17, 15) is 17.4 Å². The molecule has 0 radical (unpaired) electrons. The molecule has 0 aliphatic heterocycles. The van der Waals surface area contributed by atoms with E-state index in [0.717, 1.165) is 14.2 Å². The van der Waals surface area contributed by atoms with Crippen molar-refractivity contribution in [3.05, 3.63) is 0 Å². The van der Waals surface area contributed by atoms with Crippen LogP contribution in [0.2, 0.25) is 0 Å². The molecule has 8 heteroatoms. The topological polar surface area (TPSA) is 69.7 Å². The van der Waals surface area contributed by atoms with Crippen LogP contribution in [-0.2, 0) is 23.4 Å². The van der Waals surface area contributed by atoms with Crippen molar-refractivity contribution in [2.24, 2.45) is 0 Å². The maximum atomic E-state index is 12.5. The zero-order chi connectivity index (χ0) is 9.07. The van der Waals surface area contributed by atoms with Crippen molar-refractivity contribution in [2.75, 3.05) is 14.2 Å². The maximum absolute atomic E-state index is 12.5. The molecule has 0 saturated heterocycles. The van der Waals surface area contributed by atoms with Crippen molar-refractivity contribution in [2.45, 2.75) is 5.24 Å². The molecule has 0 bridgehead atoms. The summed E-state index contributed by atoms with van der Waals surface area (Å²) in [5.74, 6) is 0. The van der Waals surface area contributed by atoms with Crippen molar-refractivity contribution in [3.8, 4) is 0 Å². The first-order valence-corrected chi connectivity index (χ1v) is 5.11. The fourth-order valence-electron chi connectivity index (χ4n) is 0.268. The van der Waals surface area contributed by atoms with Crippen molar-refractivity contribution in [1.29, 1.82) is 0 Å². The molecular weight excluding hydrogens is 198 g/mol. The lowest BCUT2D eigenvalue weighted by Gasteiger charge is -1.94. The summed E-state index contributed by atoms with van der Waals surface area (Å²) in [5.41, 5.74) is 0. The quantitative estimate of drug-likeness (QED) is 0.496. The summed E-state index contributed by atoms with van der Waals surface area (Å²) in [6, 6.07) is 0. The van der Waals surface area contributed by atoms with Crippen molar-refractivity contribution >= 4 is 18.1 Å². The first-order chi connectivity index (χ1) is 4.95. The lowest BCUT2D eigenvalue weighted by atomic mass is 11.8. The molecule has 66 valence electrons. The standard InChI is InChI=1S/C3H7FO5PS/c1-8-10(5)3(4)11(6,7)9-2/h3H,1-2H3/q+1. The molecule has 0 aromatic rings. The number of halogens is 1. The van der Waals surface area contributed by atoms with Crippen LogP contribution in [0.1, 0.15) is 0 Å². The maximum Gasteiger partial charge on any atom is 0.565 e.